The first-order chi connectivity index (χ1) is 16.1. The van der Waals surface area contributed by atoms with E-state index in [1.54, 1.807) is 0 Å². The lowest BCUT2D eigenvalue weighted by atomic mass is 9.73. The topological polar surface area (TPSA) is 24.1 Å². The largest absolute Gasteiger partial charge is 0.385 e. The summed E-state index contributed by atoms with van der Waals surface area (Å²) >= 11 is 0. The van der Waals surface area contributed by atoms with E-state index in [0.29, 0.717) is 0 Å². The van der Waals surface area contributed by atoms with Crippen molar-refractivity contribution in [1.82, 2.24) is 0 Å². The van der Waals surface area contributed by atoms with Crippen LogP contribution in [0.5, 0.6) is 0 Å². The fourth-order valence-electron chi connectivity index (χ4n) is 7.71. The van der Waals surface area contributed by atoms with Crippen molar-refractivity contribution in [3.63, 3.8) is 0 Å². The number of hydrogen-bond donors (Lipinski definition) is 1. The van der Waals surface area contributed by atoms with E-state index in [0.717, 1.165) is 12.8 Å². The number of aryl methyl sites for hydroxylation is 2. The molecule has 0 amide bonds. The first-order valence-electron chi connectivity index (χ1n) is 12.9. The minimum absolute atomic E-state index is 0.0166. The highest BCUT2D eigenvalue weighted by Crippen LogP contribution is 2.69. The van der Waals surface area contributed by atoms with Crippen molar-refractivity contribution in [2.75, 3.05) is 0 Å². The summed E-state index contributed by atoms with van der Waals surface area (Å²) in [6, 6.07) is 20.4. The Kier molecular flexibility index (Phi) is 4.29. The Morgan fingerprint density at radius 2 is 1.59 bits per heavy atom. The first-order valence-corrected chi connectivity index (χ1v) is 12.9. The fraction of sp³-hybridized carbons (Fsp3) is 0.406. The molecule has 0 spiro atoms. The molecule has 6 rings (SSSR count). The zero-order valence-electron chi connectivity index (χ0n) is 21.6. The Hall–Kier alpha value is -2.71. The summed E-state index contributed by atoms with van der Waals surface area (Å²) in [7, 11) is 0. The van der Waals surface area contributed by atoms with Gasteiger partial charge in [0.1, 0.15) is 6.10 Å². The summed E-state index contributed by atoms with van der Waals surface area (Å²) in [4.78, 5) is 0. The van der Waals surface area contributed by atoms with Gasteiger partial charge in [0.25, 0.3) is 0 Å². The van der Waals surface area contributed by atoms with Crippen LogP contribution in [-0.2, 0) is 16.4 Å². The number of rotatable bonds is 2. The van der Waals surface area contributed by atoms with E-state index in [4.69, 9.17) is 0 Å². The molecule has 0 bridgehead atoms. The van der Waals surface area contributed by atoms with E-state index in [1.807, 2.05) is 0 Å². The van der Waals surface area contributed by atoms with Crippen molar-refractivity contribution in [1.29, 1.82) is 0 Å². The lowest BCUT2D eigenvalue weighted by Crippen LogP contribution is -2.56. The normalized spacial score (nSPS) is 25.2. The third-order valence-corrected chi connectivity index (χ3v) is 9.16. The van der Waals surface area contributed by atoms with Crippen LogP contribution in [0.4, 0.5) is 0 Å². The third kappa shape index (κ3) is 2.28. The smallest absolute Gasteiger partial charge is 0.214 e. The molecular formula is C32H36NO+. The van der Waals surface area contributed by atoms with Crippen molar-refractivity contribution in [3.8, 4) is 11.3 Å². The lowest BCUT2D eigenvalue weighted by molar-refractivity contribution is -0.715. The summed E-state index contributed by atoms with van der Waals surface area (Å²) in [5.41, 5.74) is 8.56. The van der Waals surface area contributed by atoms with E-state index in [9.17, 15) is 5.11 Å². The van der Waals surface area contributed by atoms with Crippen LogP contribution in [-0.4, -0.2) is 11.2 Å². The van der Waals surface area contributed by atoms with E-state index in [2.05, 4.69) is 108 Å². The second-order valence-electron chi connectivity index (χ2n) is 11.7. The van der Waals surface area contributed by atoms with Crippen molar-refractivity contribution in [2.45, 2.75) is 83.8 Å². The van der Waals surface area contributed by atoms with Gasteiger partial charge in [-0.05, 0) is 64.8 Å². The van der Waals surface area contributed by atoms with Crippen LogP contribution in [0.15, 0.2) is 54.6 Å². The van der Waals surface area contributed by atoms with Gasteiger partial charge in [-0.2, -0.15) is 4.57 Å². The van der Waals surface area contributed by atoms with Gasteiger partial charge in [-0.25, -0.2) is 0 Å². The highest BCUT2D eigenvalue weighted by atomic mass is 16.3. The van der Waals surface area contributed by atoms with Crippen molar-refractivity contribution in [2.24, 2.45) is 0 Å². The number of pyridine rings is 1. The molecule has 1 aliphatic heterocycles. The highest BCUT2D eigenvalue weighted by Gasteiger charge is 2.85. The average molecular weight is 451 g/mol. The molecule has 2 heterocycles. The molecule has 1 aromatic heterocycles. The molecule has 34 heavy (non-hydrogen) atoms. The van der Waals surface area contributed by atoms with Crippen LogP contribution < -0.4 is 4.57 Å². The maximum atomic E-state index is 12.0. The van der Waals surface area contributed by atoms with E-state index in [-0.39, 0.29) is 16.4 Å². The number of benzene rings is 3. The predicted molar refractivity (Wildman–Crippen MR) is 141 cm³/mol. The van der Waals surface area contributed by atoms with Gasteiger partial charge in [0.15, 0.2) is 0 Å². The summed E-state index contributed by atoms with van der Waals surface area (Å²) in [5.74, 6) is 0. The van der Waals surface area contributed by atoms with Crippen LogP contribution >= 0.6 is 0 Å². The summed E-state index contributed by atoms with van der Waals surface area (Å²) < 4.78 is 2.54. The fourth-order valence-corrected chi connectivity index (χ4v) is 7.71. The minimum Gasteiger partial charge on any atom is -0.385 e. The van der Waals surface area contributed by atoms with Gasteiger partial charge in [-0.3, -0.25) is 0 Å². The summed E-state index contributed by atoms with van der Waals surface area (Å²) in [5, 5.41) is 15.9. The quantitative estimate of drug-likeness (QED) is 0.327. The van der Waals surface area contributed by atoms with Gasteiger partial charge in [0, 0.05) is 18.6 Å². The van der Waals surface area contributed by atoms with Gasteiger partial charge in [0.05, 0.1) is 16.4 Å². The molecule has 2 heteroatoms. The molecule has 4 aromatic rings. The Bertz CT molecular complexity index is 1510. The number of aliphatic hydroxyl groups excluding tert-OH is 1. The molecule has 3 aromatic carbocycles. The van der Waals surface area contributed by atoms with Gasteiger partial charge < -0.3 is 5.11 Å². The van der Waals surface area contributed by atoms with Gasteiger partial charge in [0.2, 0.25) is 16.7 Å². The summed E-state index contributed by atoms with van der Waals surface area (Å²) in [6.45, 7) is 15.9. The Morgan fingerprint density at radius 1 is 0.882 bits per heavy atom. The molecule has 1 N–H and O–H groups in total. The molecule has 1 aliphatic carbocycles. The van der Waals surface area contributed by atoms with Crippen molar-refractivity contribution >= 4 is 21.7 Å². The molecule has 1 fully saturated rings. The molecule has 0 radical (unpaired) electrons. The second-order valence-corrected chi connectivity index (χ2v) is 11.7. The third-order valence-electron chi connectivity index (χ3n) is 9.16. The lowest BCUT2D eigenvalue weighted by Gasteiger charge is -2.32. The zero-order chi connectivity index (χ0) is 24.2. The number of aromatic nitrogens is 1. The monoisotopic (exact) mass is 450 g/mol. The summed E-state index contributed by atoms with van der Waals surface area (Å²) in [6.07, 6.45) is 1.41. The maximum absolute atomic E-state index is 12.0. The number of nitrogens with zero attached hydrogens (tertiary/aromatic N) is 1. The Morgan fingerprint density at radius 3 is 2.24 bits per heavy atom. The molecule has 174 valence electrons. The van der Waals surface area contributed by atoms with Gasteiger partial charge >= 0.3 is 0 Å². The Balaban J connectivity index is 1.89. The van der Waals surface area contributed by atoms with Crippen molar-refractivity contribution in [3.05, 3.63) is 76.9 Å². The standard InChI is InChI=1S/C32H36NO/c1-8-31-28-22-15-11-10-14-21(22)24(30(5,6)7)18-23(28)26-17-20(4)27-19(3)13-12-16-25(27)33(26)32(31,9-2)29(31)34/h10-18,29,34H,8-9H2,1-7H3/q+1. The molecule has 3 atom stereocenters. The van der Waals surface area contributed by atoms with Crippen LogP contribution in [0, 0.1) is 13.8 Å². The maximum Gasteiger partial charge on any atom is 0.214 e. The molecule has 3 unspecified atom stereocenters. The van der Waals surface area contributed by atoms with Crippen LogP contribution in [0.1, 0.15) is 69.7 Å². The zero-order valence-corrected chi connectivity index (χ0v) is 21.6. The average Bonchev–Trinajstić information content (AvgIpc) is 3.36. The van der Waals surface area contributed by atoms with E-state index >= 15 is 0 Å². The van der Waals surface area contributed by atoms with Crippen LogP contribution in [0.3, 0.4) is 0 Å². The molecular weight excluding hydrogens is 414 g/mol. The number of fused-ring (bicyclic) bond motifs is 10. The Labute approximate surface area is 203 Å². The molecule has 0 saturated heterocycles. The second kappa shape index (κ2) is 6.70. The number of aliphatic hydroxyl groups is 1. The molecule has 2 nitrogen and oxygen atoms in total. The predicted octanol–water partition coefficient (Wildman–Crippen LogP) is 7.00. The molecule has 2 aliphatic rings. The first kappa shape index (κ1) is 21.8. The minimum atomic E-state index is -0.407. The van der Waals surface area contributed by atoms with E-state index in [1.165, 1.54) is 55.2 Å². The number of hydrogen-bond acceptors (Lipinski definition) is 1. The van der Waals surface area contributed by atoms with Crippen LogP contribution in [0.25, 0.3) is 32.9 Å². The SMILES string of the molecule is CCC12c3c(cc(C(C)(C)C)c4ccccc34)-c3cc(C)c4c(C)cccc4[n+]3C1(CC)C2O. The van der Waals surface area contributed by atoms with Crippen molar-refractivity contribution < 1.29 is 9.67 Å². The van der Waals surface area contributed by atoms with Gasteiger partial charge in [-0.15, -0.1) is 0 Å². The van der Waals surface area contributed by atoms with Gasteiger partial charge in [-0.1, -0.05) is 71.0 Å². The molecule has 1 saturated carbocycles. The highest BCUT2D eigenvalue weighted by molar-refractivity contribution is 5.98. The van der Waals surface area contributed by atoms with Crippen LogP contribution in [0.2, 0.25) is 0 Å². The van der Waals surface area contributed by atoms with E-state index < -0.39 is 6.10 Å².